The van der Waals surface area contributed by atoms with Crippen LogP contribution in [-0.2, 0) is 11.8 Å². The van der Waals surface area contributed by atoms with Crippen LogP contribution >= 0.6 is 0 Å². The second-order valence-corrected chi connectivity index (χ2v) is 7.16. The number of rotatable bonds is 1. The number of carbonyl (C=O) groups excluding carboxylic acids is 1. The molecule has 1 amide bonds. The first-order valence-electron chi connectivity index (χ1n) is 8.69. The van der Waals surface area contributed by atoms with E-state index >= 15 is 0 Å². The molecule has 2 aromatic rings. The van der Waals surface area contributed by atoms with Crippen molar-refractivity contribution in [2.75, 3.05) is 19.7 Å². The Hall–Kier alpha value is -1.96. The van der Waals surface area contributed by atoms with Gasteiger partial charge < -0.3 is 24.4 Å². The summed E-state index contributed by atoms with van der Waals surface area (Å²) in [6.07, 6.45) is 2.11. The Bertz CT molecular complexity index is 795. The number of piperidine rings is 1. The van der Waals surface area contributed by atoms with Crippen LogP contribution in [0.5, 0.6) is 0 Å². The highest BCUT2D eigenvalue weighted by molar-refractivity contribution is 5.94. The highest BCUT2D eigenvalue weighted by Crippen LogP contribution is 2.35. The predicted molar refractivity (Wildman–Crippen MR) is 91.2 cm³/mol. The van der Waals surface area contributed by atoms with Gasteiger partial charge in [-0.3, -0.25) is 4.79 Å². The lowest BCUT2D eigenvalue weighted by molar-refractivity contribution is -0.185. The number of fused-ring (bicyclic) bond motifs is 1. The van der Waals surface area contributed by atoms with Crippen LogP contribution in [0, 0.1) is 0 Å². The normalized spacial score (nSPS) is 26.3. The third-order valence-corrected chi connectivity index (χ3v) is 5.48. The molecule has 0 aromatic carbocycles. The van der Waals surface area contributed by atoms with Crippen molar-refractivity contribution in [3.8, 4) is 0 Å². The molecule has 4 heterocycles. The van der Waals surface area contributed by atoms with Crippen LogP contribution in [0.2, 0.25) is 0 Å². The zero-order valence-electron chi connectivity index (χ0n) is 14.3. The molecule has 2 saturated heterocycles. The average Bonchev–Trinajstić information content (AvgIpc) is 2.99. The number of aryl methyl sites for hydroxylation is 1. The van der Waals surface area contributed by atoms with Crippen LogP contribution in [0.15, 0.2) is 24.4 Å². The summed E-state index contributed by atoms with van der Waals surface area (Å²) in [5.74, 6) is -0.0747. The molecular weight excluding hydrogens is 322 g/mol. The second kappa shape index (κ2) is 6.09. The SMILES string of the molecule is Cn1ccc2ccc(C(=O)N3CCC4(CC3)C[C@@H](O)[C@@H](O)CO4)nc21. The monoisotopic (exact) mass is 345 g/mol. The van der Waals surface area contributed by atoms with Gasteiger partial charge in [0.05, 0.1) is 18.3 Å². The van der Waals surface area contributed by atoms with Gasteiger partial charge in [-0.15, -0.1) is 0 Å². The first-order valence-corrected chi connectivity index (χ1v) is 8.69. The Morgan fingerprint density at radius 1 is 1.24 bits per heavy atom. The van der Waals surface area contributed by atoms with Gasteiger partial charge in [-0.05, 0) is 31.0 Å². The van der Waals surface area contributed by atoms with E-state index in [0.29, 0.717) is 38.0 Å². The average molecular weight is 345 g/mol. The van der Waals surface area contributed by atoms with E-state index in [9.17, 15) is 15.0 Å². The number of aliphatic hydroxyl groups excluding tert-OH is 2. The number of pyridine rings is 1. The molecular formula is C18H23N3O4. The summed E-state index contributed by atoms with van der Waals surface area (Å²) in [6.45, 7) is 1.28. The van der Waals surface area contributed by atoms with Gasteiger partial charge >= 0.3 is 0 Å². The number of hydrogen-bond acceptors (Lipinski definition) is 5. The summed E-state index contributed by atoms with van der Waals surface area (Å²) in [6, 6.07) is 5.66. The number of aromatic nitrogens is 2. The molecule has 0 bridgehead atoms. The Kier molecular flexibility index (Phi) is 4.02. The van der Waals surface area contributed by atoms with Crippen molar-refractivity contribution < 1.29 is 19.7 Å². The highest BCUT2D eigenvalue weighted by Gasteiger charge is 2.43. The van der Waals surface area contributed by atoms with Crippen molar-refractivity contribution in [3.05, 3.63) is 30.1 Å². The molecule has 2 atom stereocenters. The first-order chi connectivity index (χ1) is 12.0. The minimum atomic E-state index is -0.813. The molecule has 2 N–H and O–H groups in total. The fourth-order valence-electron chi connectivity index (χ4n) is 3.83. The third-order valence-electron chi connectivity index (χ3n) is 5.48. The molecule has 2 aliphatic rings. The largest absolute Gasteiger partial charge is 0.390 e. The van der Waals surface area contributed by atoms with E-state index < -0.39 is 17.8 Å². The second-order valence-electron chi connectivity index (χ2n) is 7.16. The number of likely N-dealkylation sites (tertiary alicyclic amines) is 1. The van der Waals surface area contributed by atoms with Gasteiger partial charge in [-0.1, -0.05) is 0 Å². The summed E-state index contributed by atoms with van der Waals surface area (Å²) in [7, 11) is 1.91. The lowest BCUT2D eigenvalue weighted by atomic mass is 9.82. The zero-order chi connectivity index (χ0) is 17.6. The fraction of sp³-hybridized carbons (Fsp3) is 0.556. The van der Waals surface area contributed by atoms with E-state index in [-0.39, 0.29) is 12.5 Å². The maximum atomic E-state index is 12.8. The number of hydrogen-bond donors (Lipinski definition) is 2. The maximum Gasteiger partial charge on any atom is 0.272 e. The summed E-state index contributed by atoms with van der Waals surface area (Å²) in [5, 5.41) is 20.6. The quantitative estimate of drug-likeness (QED) is 0.794. The standard InChI is InChI=1S/C18H23N3O4/c1-20-7-4-12-2-3-13(19-16(12)20)17(24)21-8-5-18(6-9-21)10-14(22)15(23)11-25-18/h2-4,7,14-15,22-23H,5-6,8-11H2,1H3/t14-,15+/m1/s1. The van der Waals surface area contributed by atoms with E-state index in [2.05, 4.69) is 4.98 Å². The summed E-state index contributed by atoms with van der Waals surface area (Å²) in [5.41, 5.74) is 0.822. The highest BCUT2D eigenvalue weighted by atomic mass is 16.5. The zero-order valence-corrected chi connectivity index (χ0v) is 14.3. The van der Waals surface area contributed by atoms with Crippen molar-refractivity contribution >= 4 is 16.9 Å². The number of nitrogens with zero attached hydrogens (tertiary/aromatic N) is 3. The summed E-state index contributed by atoms with van der Waals surface area (Å²) in [4.78, 5) is 19.1. The molecule has 0 radical (unpaired) electrons. The van der Waals surface area contributed by atoms with Crippen molar-refractivity contribution in [1.29, 1.82) is 0 Å². The minimum Gasteiger partial charge on any atom is -0.390 e. The van der Waals surface area contributed by atoms with E-state index in [1.807, 2.05) is 29.9 Å². The van der Waals surface area contributed by atoms with E-state index in [4.69, 9.17) is 4.74 Å². The Balaban J connectivity index is 1.46. The number of aliphatic hydroxyl groups is 2. The van der Waals surface area contributed by atoms with Gasteiger partial charge in [0.2, 0.25) is 0 Å². The molecule has 2 fully saturated rings. The van der Waals surface area contributed by atoms with Crippen LogP contribution < -0.4 is 0 Å². The number of ether oxygens (including phenoxy) is 1. The Morgan fingerprint density at radius 3 is 2.72 bits per heavy atom. The van der Waals surface area contributed by atoms with E-state index in [0.717, 1.165) is 11.0 Å². The molecule has 0 saturated carbocycles. The maximum absolute atomic E-state index is 12.8. The molecule has 4 rings (SSSR count). The molecule has 0 unspecified atom stereocenters. The fourth-order valence-corrected chi connectivity index (χ4v) is 3.83. The van der Waals surface area contributed by atoms with Crippen LogP contribution in [-0.4, -0.2) is 68.1 Å². The van der Waals surface area contributed by atoms with Gasteiger partial charge in [0.1, 0.15) is 17.4 Å². The number of amides is 1. The third kappa shape index (κ3) is 2.92. The van der Waals surface area contributed by atoms with Crippen molar-refractivity contribution in [2.45, 2.75) is 37.1 Å². The lowest BCUT2D eigenvalue weighted by Gasteiger charge is -2.46. The molecule has 2 aromatic heterocycles. The number of carbonyl (C=O) groups is 1. The predicted octanol–water partition coefficient (Wildman–Crippen LogP) is 0.690. The summed E-state index contributed by atoms with van der Waals surface area (Å²) < 4.78 is 7.72. The van der Waals surface area contributed by atoms with E-state index in [1.165, 1.54) is 0 Å². The summed E-state index contributed by atoms with van der Waals surface area (Å²) >= 11 is 0. The van der Waals surface area contributed by atoms with Crippen LogP contribution in [0.1, 0.15) is 29.8 Å². The minimum absolute atomic E-state index is 0.0747. The van der Waals surface area contributed by atoms with Gasteiger partial charge in [0.25, 0.3) is 5.91 Å². The topological polar surface area (TPSA) is 87.8 Å². The van der Waals surface area contributed by atoms with Gasteiger partial charge in [-0.2, -0.15) is 0 Å². The lowest BCUT2D eigenvalue weighted by Crippen LogP contribution is -2.55. The molecule has 0 aliphatic carbocycles. The van der Waals surface area contributed by atoms with Gasteiger partial charge in [0, 0.05) is 38.1 Å². The molecule has 25 heavy (non-hydrogen) atoms. The van der Waals surface area contributed by atoms with Crippen molar-refractivity contribution in [2.24, 2.45) is 7.05 Å². The molecule has 134 valence electrons. The first kappa shape index (κ1) is 16.5. The van der Waals surface area contributed by atoms with Crippen LogP contribution in [0.4, 0.5) is 0 Å². The molecule has 7 heteroatoms. The van der Waals surface area contributed by atoms with Crippen molar-refractivity contribution in [3.63, 3.8) is 0 Å². The van der Waals surface area contributed by atoms with Crippen LogP contribution in [0.25, 0.3) is 11.0 Å². The molecule has 2 aliphatic heterocycles. The molecule has 1 spiro atoms. The smallest absolute Gasteiger partial charge is 0.272 e. The van der Waals surface area contributed by atoms with E-state index in [1.54, 1.807) is 11.0 Å². The van der Waals surface area contributed by atoms with Gasteiger partial charge in [-0.25, -0.2) is 4.98 Å². The van der Waals surface area contributed by atoms with Crippen molar-refractivity contribution in [1.82, 2.24) is 14.5 Å². The van der Waals surface area contributed by atoms with Crippen LogP contribution in [0.3, 0.4) is 0 Å². The Morgan fingerprint density at radius 2 is 2.00 bits per heavy atom. The van der Waals surface area contributed by atoms with Gasteiger partial charge in [0.15, 0.2) is 0 Å². The Labute approximate surface area is 145 Å². The molecule has 7 nitrogen and oxygen atoms in total.